The molecule has 1 N–H and O–H groups in total. The first kappa shape index (κ1) is 18.0. The topological polar surface area (TPSA) is 54.5 Å². The number of rotatable bonds is 5. The average molecular weight is 400 g/mol. The predicted molar refractivity (Wildman–Crippen MR) is 111 cm³/mol. The molecule has 0 bridgehead atoms. The van der Waals surface area contributed by atoms with Gasteiger partial charge in [-0.15, -0.1) is 22.7 Å². The molecule has 7 heteroatoms. The van der Waals surface area contributed by atoms with Crippen LogP contribution in [0.25, 0.3) is 9.88 Å². The highest BCUT2D eigenvalue weighted by Crippen LogP contribution is 2.29. The van der Waals surface area contributed by atoms with Gasteiger partial charge in [0.25, 0.3) is 5.91 Å². The first-order chi connectivity index (χ1) is 13.2. The highest BCUT2D eigenvalue weighted by Gasteiger charge is 2.23. The van der Waals surface area contributed by atoms with Gasteiger partial charge in [0.1, 0.15) is 15.6 Å². The van der Waals surface area contributed by atoms with Crippen LogP contribution in [0.5, 0.6) is 5.75 Å². The third-order valence-electron chi connectivity index (χ3n) is 4.64. The van der Waals surface area contributed by atoms with Crippen molar-refractivity contribution >= 4 is 34.3 Å². The maximum Gasteiger partial charge on any atom is 0.263 e. The van der Waals surface area contributed by atoms with Crippen LogP contribution in [0.4, 0.5) is 5.69 Å². The fraction of sp³-hybridized carbons (Fsp3) is 0.300. The van der Waals surface area contributed by atoms with E-state index in [-0.39, 0.29) is 11.9 Å². The Balaban J connectivity index is 1.41. The zero-order valence-electron chi connectivity index (χ0n) is 15.1. The fourth-order valence-electron chi connectivity index (χ4n) is 3.29. The summed E-state index contributed by atoms with van der Waals surface area (Å²) in [5, 5.41) is 6.10. The number of hydrogen-bond donors (Lipinski definition) is 1. The zero-order valence-corrected chi connectivity index (χ0v) is 16.7. The maximum absolute atomic E-state index is 12.7. The SMILES string of the molecule is COc1cccc(N2CCCC(NC(=O)c3cnc(-c4cccs4)s3)C2)c1. The lowest BCUT2D eigenvalue weighted by atomic mass is 10.0. The van der Waals surface area contributed by atoms with Crippen LogP contribution >= 0.6 is 22.7 Å². The molecule has 3 heterocycles. The fourth-order valence-corrected chi connectivity index (χ4v) is 4.91. The number of aromatic nitrogens is 1. The number of carbonyl (C=O) groups is 1. The van der Waals surface area contributed by atoms with E-state index >= 15 is 0 Å². The van der Waals surface area contributed by atoms with Crippen molar-refractivity contribution in [3.05, 3.63) is 52.9 Å². The van der Waals surface area contributed by atoms with Gasteiger partial charge in [-0.05, 0) is 36.4 Å². The van der Waals surface area contributed by atoms with Gasteiger partial charge in [0, 0.05) is 30.9 Å². The molecule has 3 aromatic rings. The van der Waals surface area contributed by atoms with E-state index in [0.29, 0.717) is 4.88 Å². The third kappa shape index (κ3) is 4.14. The Morgan fingerprint density at radius 2 is 2.26 bits per heavy atom. The van der Waals surface area contributed by atoms with E-state index in [1.807, 2.05) is 35.7 Å². The number of ether oxygens (including phenoxy) is 1. The van der Waals surface area contributed by atoms with E-state index in [1.165, 1.54) is 11.3 Å². The van der Waals surface area contributed by atoms with Gasteiger partial charge in [0.05, 0.1) is 18.2 Å². The molecule has 1 saturated heterocycles. The zero-order chi connectivity index (χ0) is 18.6. The van der Waals surface area contributed by atoms with E-state index in [4.69, 9.17) is 4.74 Å². The largest absolute Gasteiger partial charge is 0.497 e. The van der Waals surface area contributed by atoms with Crippen LogP contribution in [0, 0.1) is 0 Å². The predicted octanol–water partition coefficient (Wildman–Crippen LogP) is 4.28. The molecule has 1 atom stereocenters. The summed E-state index contributed by atoms with van der Waals surface area (Å²) in [6, 6.07) is 12.2. The van der Waals surface area contributed by atoms with Crippen molar-refractivity contribution in [2.75, 3.05) is 25.1 Å². The van der Waals surface area contributed by atoms with Crippen molar-refractivity contribution in [2.45, 2.75) is 18.9 Å². The van der Waals surface area contributed by atoms with Crippen molar-refractivity contribution in [3.8, 4) is 15.6 Å². The summed E-state index contributed by atoms with van der Waals surface area (Å²) >= 11 is 3.08. The molecule has 0 radical (unpaired) electrons. The van der Waals surface area contributed by atoms with Crippen LogP contribution in [0.3, 0.4) is 0 Å². The van der Waals surface area contributed by atoms with E-state index in [2.05, 4.69) is 21.3 Å². The number of methoxy groups -OCH3 is 1. The lowest BCUT2D eigenvalue weighted by molar-refractivity contribution is 0.0937. The van der Waals surface area contributed by atoms with Crippen molar-refractivity contribution in [1.29, 1.82) is 0 Å². The number of nitrogens with zero attached hydrogens (tertiary/aromatic N) is 2. The second-order valence-electron chi connectivity index (χ2n) is 6.47. The van der Waals surface area contributed by atoms with Gasteiger partial charge < -0.3 is 15.0 Å². The van der Waals surface area contributed by atoms with Crippen molar-refractivity contribution in [3.63, 3.8) is 0 Å². The quantitative estimate of drug-likeness (QED) is 0.696. The summed E-state index contributed by atoms with van der Waals surface area (Å²) in [5.41, 5.74) is 1.13. The molecule has 5 nitrogen and oxygen atoms in total. The Labute approximate surface area is 166 Å². The van der Waals surface area contributed by atoms with E-state index < -0.39 is 0 Å². The summed E-state index contributed by atoms with van der Waals surface area (Å²) in [7, 11) is 1.68. The Bertz CT molecular complexity index is 908. The highest BCUT2D eigenvalue weighted by molar-refractivity contribution is 7.21. The number of amides is 1. The maximum atomic E-state index is 12.7. The molecular formula is C20H21N3O2S2. The molecule has 1 aliphatic rings. The van der Waals surface area contributed by atoms with Gasteiger partial charge >= 0.3 is 0 Å². The number of nitrogens with one attached hydrogen (secondary N) is 1. The molecule has 1 unspecified atom stereocenters. The summed E-state index contributed by atoms with van der Waals surface area (Å²) in [6.45, 7) is 1.79. The molecule has 4 rings (SSSR count). The van der Waals surface area contributed by atoms with Gasteiger partial charge in [-0.25, -0.2) is 4.98 Å². The minimum absolute atomic E-state index is 0.0344. The van der Waals surface area contributed by atoms with Gasteiger partial charge in [-0.3, -0.25) is 4.79 Å². The summed E-state index contributed by atoms with van der Waals surface area (Å²) in [4.78, 5) is 21.1. The number of thiazole rings is 1. The molecule has 0 saturated carbocycles. The minimum atomic E-state index is -0.0344. The molecular weight excluding hydrogens is 378 g/mol. The van der Waals surface area contributed by atoms with Crippen molar-refractivity contribution < 1.29 is 9.53 Å². The lowest BCUT2D eigenvalue weighted by Crippen LogP contribution is -2.47. The van der Waals surface area contributed by atoms with Crippen LogP contribution in [0.1, 0.15) is 22.5 Å². The Kier molecular flexibility index (Phi) is 5.40. The second-order valence-corrected chi connectivity index (χ2v) is 8.45. The second kappa shape index (κ2) is 8.10. The van der Waals surface area contributed by atoms with Crippen LogP contribution in [0.2, 0.25) is 0 Å². The standard InChI is InChI=1S/C20H21N3O2S2/c1-25-16-7-2-6-15(11-16)23-9-3-5-14(13-23)22-19(24)18-12-21-20(27-18)17-8-4-10-26-17/h2,4,6-8,10-12,14H,3,5,9,13H2,1H3,(H,22,24). The summed E-state index contributed by atoms with van der Waals surface area (Å²) in [5.74, 6) is 0.817. The number of thiophene rings is 1. The normalized spacial score (nSPS) is 16.9. The summed E-state index contributed by atoms with van der Waals surface area (Å²) in [6.07, 6.45) is 3.71. The van der Waals surface area contributed by atoms with Crippen LogP contribution in [-0.4, -0.2) is 37.1 Å². The molecule has 2 aromatic heterocycles. The van der Waals surface area contributed by atoms with Crippen molar-refractivity contribution in [1.82, 2.24) is 10.3 Å². The first-order valence-corrected chi connectivity index (χ1v) is 10.6. The molecule has 0 spiro atoms. The lowest BCUT2D eigenvalue weighted by Gasteiger charge is -2.34. The Morgan fingerprint density at radius 1 is 1.33 bits per heavy atom. The Hall–Kier alpha value is -2.38. The highest BCUT2D eigenvalue weighted by atomic mass is 32.1. The molecule has 1 aliphatic heterocycles. The van der Waals surface area contributed by atoms with E-state index in [9.17, 15) is 4.79 Å². The number of piperidine rings is 1. The van der Waals surface area contributed by atoms with Crippen LogP contribution in [-0.2, 0) is 0 Å². The molecule has 0 aliphatic carbocycles. The number of benzene rings is 1. The number of anilines is 1. The average Bonchev–Trinajstić information content (AvgIpc) is 3.40. The number of hydrogen-bond acceptors (Lipinski definition) is 6. The van der Waals surface area contributed by atoms with Crippen LogP contribution in [0.15, 0.2) is 48.0 Å². The molecule has 140 valence electrons. The molecule has 27 heavy (non-hydrogen) atoms. The van der Waals surface area contributed by atoms with Gasteiger partial charge in [0.15, 0.2) is 0 Å². The monoisotopic (exact) mass is 399 g/mol. The van der Waals surface area contributed by atoms with Crippen molar-refractivity contribution in [2.24, 2.45) is 0 Å². The summed E-state index contributed by atoms with van der Waals surface area (Å²) < 4.78 is 5.33. The first-order valence-electron chi connectivity index (χ1n) is 8.92. The molecule has 1 aromatic carbocycles. The minimum Gasteiger partial charge on any atom is -0.497 e. The number of carbonyl (C=O) groups excluding carboxylic acids is 1. The van der Waals surface area contributed by atoms with Gasteiger partial charge in [0.2, 0.25) is 0 Å². The van der Waals surface area contributed by atoms with Crippen LogP contribution < -0.4 is 15.0 Å². The smallest absolute Gasteiger partial charge is 0.263 e. The third-order valence-corrected chi connectivity index (χ3v) is 6.67. The van der Waals surface area contributed by atoms with Gasteiger partial charge in [-0.2, -0.15) is 0 Å². The van der Waals surface area contributed by atoms with E-state index in [0.717, 1.165) is 47.3 Å². The Morgan fingerprint density at radius 3 is 3.07 bits per heavy atom. The molecule has 1 amide bonds. The molecule has 1 fully saturated rings. The van der Waals surface area contributed by atoms with Gasteiger partial charge in [-0.1, -0.05) is 12.1 Å². The van der Waals surface area contributed by atoms with E-state index in [1.54, 1.807) is 24.6 Å².